The summed E-state index contributed by atoms with van der Waals surface area (Å²) in [6.07, 6.45) is 0.333. The quantitative estimate of drug-likeness (QED) is 0.572. The molecule has 2 N–H and O–H groups in total. The average Bonchev–Trinajstić information content (AvgIpc) is 2.93. The first-order chi connectivity index (χ1) is 12.1. The van der Waals surface area contributed by atoms with Crippen molar-refractivity contribution in [3.63, 3.8) is 0 Å². The van der Waals surface area contributed by atoms with Gasteiger partial charge in [-0.25, -0.2) is 0 Å². The van der Waals surface area contributed by atoms with E-state index in [0.717, 1.165) is 6.29 Å². The molecule has 3 rings (SSSR count). The lowest BCUT2D eigenvalue weighted by atomic mass is 9.98. The second-order valence-electron chi connectivity index (χ2n) is 6.95. The Labute approximate surface area is 148 Å². The molecule has 25 heavy (non-hydrogen) atoms. The van der Waals surface area contributed by atoms with Gasteiger partial charge in [0.1, 0.15) is 6.29 Å². The standard InChI is InChI=1S/C21H25NO3/c1-14(2)11-15(12-23)22-21(24)25-13-20-18-9-5-3-7-16(18)17-8-4-6-10-19(17)20/h3-10,12,14-15,20-22,24H,11,13H2,1-2H3/t15-,21?/m0/s1. The van der Waals surface area contributed by atoms with Gasteiger partial charge in [-0.2, -0.15) is 0 Å². The van der Waals surface area contributed by atoms with Crippen LogP contribution in [0.5, 0.6) is 0 Å². The van der Waals surface area contributed by atoms with Gasteiger partial charge in [-0.05, 0) is 34.6 Å². The molecule has 2 atom stereocenters. The van der Waals surface area contributed by atoms with E-state index in [2.05, 4.69) is 29.6 Å². The molecule has 4 nitrogen and oxygen atoms in total. The number of ether oxygens (including phenoxy) is 1. The summed E-state index contributed by atoms with van der Waals surface area (Å²) in [6, 6.07) is 16.2. The first kappa shape index (κ1) is 17.8. The fourth-order valence-corrected chi connectivity index (χ4v) is 3.53. The minimum atomic E-state index is -1.16. The Morgan fingerprint density at radius 2 is 1.64 bits per heavy atom. The molecule has 0 aliphatic heterocycles. The number of rotatable bonds is 8. The number of fused-ring (bicyclic) bond motifs is 3. The zero-order valence-corrected chi connectivity index (χ0v) is 14.7. The summed E-state index contributed by atoms with van der Waals surface area (Å²) in [5.41, 5.74) is 4.87. The number of aliphatic hydroxyl groups is 1. The van der Waals surface area contributed by atoms with Crippen LogP contribution in [0.3, 0.4) is 0 Å². The highest BCUT2D eigenvalue weighted by atomic mass is 16.6. The van der Waals surface area contributed by atoms with Crippen molar-refractivity contribution in [3.8, 4) is 11.1 Å². The maximum Gasteiger partial charge on any atom is 0.214 e. The Bertz CT molecular complexity index is 683. The molecule has 0 radical (unpaired) electrons. The van der Waals surface area contributed by atoms with E-state index < -0.39 is 12.5 Å². The molecule has 0 fully saturated rings. The minimum Gasteiger partial charge on any atom is -0.356 e. The van der Waals surface area contributed by atoms with Gasteiger partial charge in [0.2, 0.25) is 6.41 Å². The molecule has 132 valence electrons. The SMILES string of the molecule is CC(C)C[C@@H](C=O)NC(O)OCC1c2ccccc2-c2ccccc21. The van der Waals surface area contributed by atoms with E-state index in [1.54, 1.807) is 0 Å². The van der Waals surface area contributed by atoms with Gasteiger partial charge < -0.3 is 14.6 Å². The number of nitrogens with one attached hydrogen (secondary N) is 1. The highest BCUT2D eigenvalue weighted by Gasteiger charge is 2.28. The van der Waals surface area contributed by atoms with Crippen molar-refractivity contribution < 1.29 is 14.6 Å². The smallest absolute Gasteiger partial charge is 0.214 e. The second-order valence-corrected chi connectivity index (χ2v) is 6.95. The predicted molar refractivity (Wildman–Crippen MR) is 98.1 cm³/mol. The summed E-state index contributed by atoms with van der Waals surface area (Å²) in [5, 5.41) is 13.0. The number of hydrogen-bond donors (Lipinski definition) is 2. The van der Waals surface area contributed by atoms with Crippen molar-refractivity contribution in [1.29, 1.82) is 0 Å². The van der Waals surface area contributed by atoms with Crippen LogP contribution in [0.25, 0.3) is 11.1 Å². The van der Waals surface area contributed by atoms with Gasteiger partial charge >= 0.3 is 0 Å². The van der Waals surface area contributed by atoms with Crippen LogP contribution in [0.1, 0.15) is 37.3 Å². The number of hydrogen-bond acceptors (Lipinski definition) is 4. The van der Waals surface area contributed by atoms with Crippen LogP contribution in [0.4, 0.5) is 0 Å². The molecular formula is C21H25NO3. The van der Waals surface area contributed by atoms with Crippen LogP contribution in [0.2, 0.25) is 0 Å². The van der Waals surface area contributed by atoms with Crippen molar-refractivity contribution in [3.05, 3.63) is 59.7 Å². The van der Waals surface area contributed by atoms with Crippen molar-refractivity contribution >= 4 is 6.29 Å². The Kier molecular flexibility index (Phi) is 5.63. The predicted octanol–water partition coefficient (Wildman–Crippen LogP) is 3.29. The largest absolute Gasteiger partial charge is 0.356 e. The molecule has 2 aromatic carbocycles. The van der Waals surface area contributed by atoms with Crippen LogP contribution in [-0.2, 0) is 9.53 Å². The van der Waals surface area contributed by atoms with Gasteiger partial charge in [-0.3, -0.25) is 5.32 Å². The highest BCUT2D eigenvalue weighted by Crippen LogP contribution is 2.44. The Balaban J connectivity index is 1.68. The fraction of sp³-hybridized carbons (Fsp3) is 0.381. The molecule has 0 saturated heterocycles. The summed E-state index contributed by atoms with van der Waals surface area (Å²) >= 11 is 0. The van der Waals surface area contributed by atoms with Crippen LogP contribution in [0.15, 0.2) is 48.5 Å². The van der Waals surface area contributed by atoms with E-state index >= 15 is 0 Å². The molecule has 0 heterocycles. The molecule has 0 saturated carbocycles. The van der Waals surface area contributed by atoms with Crippen LogP contribution in [0, 0.1) is 5.92 Å². The minimum absolute atomic E-state index is 0.0867. The normalized spacial score (nSPS) is 15.7. The Morgan fingerprint density at radius 3 is 2.16 bits per heavy atom. The summed E-state index contributed by atoms with van der Waals surface area (Å²) in [6.45, 7) is 4.44. The maximum absolute atomic E-state index is 11.1. The van der Waals surface area contributed by atoms with E-state index in [-0.39, 0.29) is 5.92 Å². The molecule has 0 bridgehead atoms. The van der Waals surface area contributed by atoms with Gasteiger partial charge in [0.25, 0.3) is 0 Å². The van der Waals surface area contributed by atoms with Gasteiger partial charge in [-0.1, -0.05) is 62.4 Å². The third-order valence-corrected chi connectivity index (χ3v) is 4.63. The van der Waals surface area contributed by atoms with E-state index in [4.69, 9.17) is 4.74 Å². The Morgan fingerprint density at radius 1 is 1.08 bits per heavy atom. The summed E-state index contributed by atoms with van der Waals surface area (Å²) in [7, 11) is 0. The zero-order valence-electron chi connectivity index (χ0n) is 14.7. The van der Waals surface area contributed by atoms with E-state index in [1.807, 2.05) is 38.1 Å². The van der Waals surface area contributed by atoms with Crippen molar-refractivity contribution in [1.82, 2.24) is 5.32 Å². The number of benzene rings is 2. The van der Waals surface area contributed by atoms with Gasteiger partial charge in [0.15, 0.2) is 0 Å². The lowest BCUT2D eigenvalue weighted by molar-refractivity contribution is -0.135. The third kappa shape index (κ3) is 3.98. The average molecular weight is 339 g/mol. The lowest BCUT2D eigenvalue weighted by Gasteiger charge is -2.22. The van der Waals surface area contributed by atoms with E-state index in [9.17, 15) is 9.90 Å². The maximum atomic E-state index is 11.1. The van der Waals surface area contributed by atoms with Gasteiger partial charge in [0, 0.05) is 5.92 Å². The number of aldehydes is 1. The molecule has 1 unspecified atom stereocenters. The molecule has 1 aliphatic rings. The number of carbonyl (C=O) groups is 1. The molecule has 0 aromatic heterocycles. The van der Waals surface area contributed by atoms with E-state index in [1.165, 1.54) is 22.3 Å². The zero-order chi connectivity index (χ0) is 17.8. The van der Waals surface area contributed by atoms with Crippen LogP contribution >= 0.6 is 0 Å². The molecule has 1 aliphatic carbocycles. The van der Waals surface area contributed by atoms with Gasteiger partial charge in [0.05, 0.1) is 12.6 Å². The van der Waals surface area contributed by atoms with Crippen LogP contribution < -0.4 is 5.32 Å². The van der Waals surface area contributed by atoms with Crippen LogP contribution in [-0.4, -0.2) is 30.5 Å². The summed E-state index contributed by atoms with van der Waals surface area (Å²) in [4.78, 5) is 11.1. The molecule has 2 aromatic rings. The summed E-state index contributed by atoms with van der Waals surface area (Å²) in [5.74, 6) is 0.451. The topological polar surface area (TPSA) is 58.6 Å². The van der Waals surface area contributed by atoms with E-state index in [0.29, 0.717) is 18.9 Å². The lowest BCUT2D eigenvalue weighted by Crippen LogP contribution is -2.42. The number of aliphatic hydroxyl groups excluding tert-OH is 1. The molecular weight excluding hydrogens is 314 g/mol. The highest BCUT2D eigenvalue weighted by molar-refractivity contribution is 5.78. The molecule has 4 heteroatoms. The first-order valence-corrected chi connectivity index (χ1v) is 8.79. The summed E-state index contributed by atoms with van der Waals surface area (Å²) < 4.78 is 5.64. The monoisotopic (exact) mass is 339 g/mol. The van der Waals surface area contributed by atoms with Crippen molar-refractivity contribution in [2.75, 3.05) is 6.61 Å². The van der Waals surface area contributed by atoms with Crippen molar-refractivity contribution in [2.45, 2.75) is 38.6 Å². The Hall–Kier alpha value is -2.01. The van der Waals surface area contributed by atoms with Gasteiger partial charge in [-0.15, -0.1) is 0 Å². The van der Waals surface area contributed by atoms with Crippen molar-refractivity contribution in [2.24, 2.45) is 5.92 Å². The molecule has 0 spiro atoms. The third-order valence-electron chi connectivity index (χ3n) is 4.63. The fourth-order valence-electron chi connectivity index (χ4n) is 3.53. The number of carbonyl (C=O) groups excluding carboxylic acids is 1. The first-order valence-electron chi connectivity index (χ1n) is 8.79. The second kappa shape index (κ2) is 7.91. The molecule has 0 amide bonds.